The molecule has 0 aromatic heterocycles. The van der Waals surface area contributed by atoms with Gasteiger partial charge in [0.2, 0.25) is 6.29 Å². The van der Waals surface area contributed by atoms with E-state index >= 15 is 0 Å². The van der Waals surface area contributed by atoms with Crippen molar-refractivity contribution in [3.05, 3.63) is 0 Å². The van der Waals surface area contributed by atoms with Crippen LogP contribution in [0.4, 0.5) is 0 Å². The molecule has 1 unspecified atom stereocenters. The van der Waals surface area contributed by atoms with Crippen molar-refractivity contribution in [2.24, 2.45) is 5.92 Å². The van der Waals surface area contributed by atoms with Crippen molar-refractivity contribution in [1.82, 2.24) is 4.90 Å². The third-order valence-electron chi connectivity index (χ3n) is 12.0. The third kappa shape index (κ3) is 26.5. The fourth-order valence-corrected chi connectivity index (χ4v) is 8.34. The first kappa shape index (κ1) is 51.9. The second kappa shape index (κ2) is 36.6. The monoisotopic (exact) mass is 810 g/mol. The van der Waals surface area contributed by atoms with E-state index in [0.717, 1.165) is 103 Å². The quantitative estimate of drug-likeness (QED) is 0.0584. The average molecular weight is 810 g/mol. The maximum absolute atomic E-state index is 13.4. The molecular weight excluding hydrogens is 719 g/mol. The predicted octanol–water partition coefficient (Wildman–Crippen LogP) is 11.6. The van der Waals surface area contributed by atoms with Gasteiger partial charge in [-0.15, -0.1) is 0 Å². The molecule has 57 heavy (non-hydrogen) atoms. The van der Waals surface area contributed by atoms with E-state index in [4.69, 9.17) is 23.7 Å². The molecule has 5 atom stereocenters. The van der Waals surface area contributed by atoms with Gasteiger partial charge in [-0.2, -0.15) is 0 Å². The maximum Gasteiger partial charge on any atom is 0.308 e. The zero-order chi connectivity index (χ0) is 41.0. The molecule has 2 aliphatic heterocycles. The highest BCUT2D eigenvalue weighted by molar-refractivity contribution is 5.69. The van der Waals surface area contributed by atoms with Crippen LogP contribution in [-0.4, -0.2) is 92.6 Å². The molecular formula is C48H91NO8. The number of unbranched alkanes of at least 4 members (excludes halogenated alkanes) is 16. The molecule has 2 bridgehead atoms. The number of carbonyl (C=O) groups excluding carboxylic acids is 2. The Morgan fingerprint density at radius 3 is 1.79 bits per heavy atom. The normalized spacial score (nSPS) is 22.9. The van der Waals surface area contributed by atoms with Gasteiger partial charge in [-0.3, -0.25) is 9.59 Å². The minimum Gasteiger partial charge on any atom is -0.463 e. The topological polar surface area (TPSA) is 104 Å². The highest BCUT2D eigenvalue weighted by Crippen LogP contribution is 2.31. The number of ether oxygens (including phenoxy) is 5. The standard InChI is InChI=1S/C48H91NO8/c1-4-7-10-13-15-16-20-30-39-53-46-43-41-54-44(51)33-25-21-27-36-49(37-28-29-38-50)35-26-19-18-24-34-45(52)57-48(56-43)47(46)55-40-42(31-22-12-9-6-3)32-23-17-14-11-8-5-2/h42-43,46-48,50H,4-41H2,1-3H3/t42?,43-,46-,47-,48+/m1/s1. The van der Waals surface area contributed by atoms with Gasteiger partial charge in [0, 0.05) is 26.1 Å². The molecule has 9 nitrogen and oxygen atoms in total. The van der Waals surface area contributed by atoms with Crippen LogP contribution in [0, 0.1) is 5.92 Å². The number of hydrogen-bond donors (Lipinski definition) is 1. The first-order valence-corrected chi connectivity index (χ1v) is 24.6. The number of hydrogen-bond acceptors (Lipinski definition) is 9. The summed E-state index contributed by atoms with van der Waals surface area (Å²) in [4.78, 5) is 28.9. The van der Waals surface area contributed by atoms with E-state index < -0.39 is 24.6 Å². The van der Waals surface area contributed by atoms with Gasteiger partial charge >= 0.3 is 11.9 Å². The summed E-state index contributed by atoms with van der Waals surface area (Å²) in [6.07, 6.45) is 31.3. The molecule has 2 heterocycles. The Morgan fingerprint density at radius 2 is 1.16 bits per heavy atom. The lowest BCUT2D eigenvalue weighted by Gasteiger charge is -2.27. The van der Waals surface area contributed by atoms with E-state index in [0.29, 0.717) is 32.0 Å². The van der Waals surface area contributed by atoms with Gasteiger partial charge in [0.25, 0.3) is 0 Å². The van der Waals surface area contributed by atoms with Gasteiger partial charge in [-0.1, -0.05) is 149 Å². The van der Waals surface area contributed by atoms with E-state index in [9.17, 15) is 14.7 Å². The van der Waals surface area contributed by atoms with Crippen LogP contribution in [0.5, 0.6) is 0 Å². The van der Waals surface area contributed by atoms with Gasteiger partial charge < -0.3 is 33.7 Å². The number of rotatable bonds is 29. The van der Waals surface area contributed by atoms with Crippen molar-refractivity contribution in [3.63, 3.8) is 0 Å². The van der Waals surface area contributed by atoms with Gasteiger partial charge in [0.1, 0.15) is 24.9 Å². The highest BCUT2D eigenvalue weighted by Gasteiger charge is 2.49. The number of nitrogens with zero attached hydrogens (tertiary/aromatic N) is 1. The fraction of sp³-hybridized carbons (Fsp3) is 0.958. The number of carbonyl (C=O) groups is 2. The summed E-state index contributed by atoms with van der Waals surface area (Å²) in [6, 6.07) is 0. The Bertz CT molecular complexity index is 936. The summed E-state index contributed by atoms with van der Waals surface area (Å²) in [5.41, 5.74) is 0. The van der Waals surface area contributed by atoms with Crippen molar-refractivity contribution >= 4 is 11.9 Å². The van der Waals surface area contributed by atoms with Crippen molar-refractivity contribution in [2.45, 2.75) is 244 Å². The van der Waals surface area contributed by atoms with Crippen LogP contribution in [0.15, 0.2) is 0 Å². The van der Waals surface area contributed by atoms with Crippen LogP contribution >= 0.6 is 0 Å². The second-order valence-corrected chi connectivity index (χ2v) is 17.3. The van der Waals surface area contributed by atoms with Crippen molar-refractivity contribution in [3.8, 4) is 0 Å². The summed E-state index contributed by atoms with van der Waals surface area (Å²) in [5, 5.41) is 9.27. The van der Waals surface area contributed by atoms with E-state index in [1.54, 1.807) is 0 Å². The van der Waals surface area contributed by atoms with Crippen LogP contribution in [0.1, 0.15) is 220 Å². The largest absolute Gasteiger partial charge is 0.463 e. The minimum atomic E-state index is -0.891. The molecule has 0 spiro atoms. The Balaban J connectivity index is 2.16. The summed E-state index contributed by atoms with van der Waals surface area (Å²) < 4.78 is 31.9. The smallest absolute Gasteiger partial charge is 0.308 e. The van der Waals surface area contributed by atoms with Crippen molar-refractivity contribution < 1.29 is 38.4 Å². The molecule has 336 valence electrons. The molecule has 0 amide bonds. The van der Waals surface area contributed by atoms with Crippen LogP contribution in [-0.2, 0) is 33.3 Å². The second-order valence-electron chi connectivity index (χ2n) is 17.3. The third-order valence-corrected chi connectivity index (χ3v) is 12.0. The lowest BCUT2D eigenvalue weighted by atomic mass is 9.95. The molecule has 2 rings (SSSR count). The highest BCUT2D eigenvalue weighted by atomic mass is 16.7. The lowest BCUT2D eigenvalue weighted by molar-refractivity contribution is -0.198. The summed E-state index contributed by atoms with van der Waals surface area (Å²) in [6.45, 7) is 11.2. The number of aliphatic hydroxyl groups excluding tert-OH is 1. The molecule has 0 aromatic carbocycles. The number of aliphatic hydroxyl groups is 1. The summed E-state index contributed by atoms with van der Waals surface area (Å²) in [7, 11) is 0. The van der Waals surface area contributed by atoms with Crippen LogP contribution in [0.2, 0.25) is 0 Å². The van der Waals surface area contributed by atoms with E-state index in [1.807, 2.05) is 0 Å². The first-order valence-electron chi connectivity index (χ1n) is 24.6. The van der Waals surface area contributed by atoms with Crippen molar-refractivity contribution in [1.29, 1.82) is 0 Å². The summed E-state index contributed by atoms with van der Waals surface area (Å²) >= 11 is 0. The zero-order valence-electron chi connectivity index (χ0n) is 37.5. The molecule has 0 aromatic rings. The molecule has 0 aliphatic carbocycles. The molecule has 2 aliphatic rings. The lowest BCUT2D eigenvalue weighted by Crippen LogP contribution is -2.41. The van der Waals surface area contributed by atoms with Gasteiger partial charge in [-0.25, -0.2) is 0 Å². The van der Waals surface area contributed by atoms with Gasteiger partial charge in [0.15, 0.2) is 0 Å². The first-order chi connectivity index (χ1) is 28.0. The molecule has 9 heteroatoms. The van der Waals surface area contributed by atoms with E-state index in [1.165, 1.54) is 103 Å². The Morgan fingerprint density at radius 1 is 0.614 bits per heavy atom. The minimum absolute atomic E-state index is 0.0612. The fourth-order valence-electron chi connectivity index (χ4n) is 8.34. The number of esters is 2. The molecule has 0 radical (unpaired) electrons. The molecule has 2 fully saturated rings. The predicted molar refractivity (Wildman–Crippen MR) is 232 cm³/mol. The van der Waals surface area contributed by atoms with E-state index in [2.05, 4.69) is 25.7 Å². The van der Waals surface area contributed by atoms with Crippen molar-refractivity contribution in [2.75, 3.05) is 46.1 Å². The Labute approximate surface area is 350 Å². The number of fused-ring (bicyclic) bond motifs is 2. The number of cyclic esters (lactones) is 1. The zero-order valence-corrected chi connectivity index (χ0v) is 37.5. The van der Waals surface area contributed by atoms with Crippen LogP contribution in [0.25, 0.3) is 0 Å². The molecule has 0 saturated carbocycles. The molecule has 1 N–H and O–H groups in total. The van der Waals surface area contributed by atoms with Crippen LogP contribution < -0.4 is 0 Å². The summed E-state index contributed by atoms with van der Waals surface area (Å²) in [5.74, 6) is -0.0576. The van der Waals surface area contributed by atoms with Gasteiger partial charge in [-0.05, 0) is 83.3 Å². The molecule has 2 saturated heterocycles. The SMILES string of the molecule is CCCCCCCCCCO[C@H]1[C@@H](OCC(CCCCCC)CCCCCCCC)[C@@H]2OC(=O)CCCCCCN(CCCCO)CCCCCC(=O)OC[C@H]1O2. The van der Waals surface area contributed by atoms with Gasteiger partial charge in [0.05, 0.1) is 6.61 Å². The Kier molecular flexibility index (Phi) is 33.3. The van der Waals surface area contributed by atoms with E-state index in [-0.39, 0.29) is 25.2 Å². The average Bonchev–Trinajstić information content (AvgIpc) is 3.53. The maximum atomic E-state index is 13.4. The van der Waals surface area contributed by atoms with Crippen LogP contribution in [0.3, 0.4) is 0 Å². The Hall–Kier alpha value is -1.26.